The standard InChI is InChI=1S/C28H34ClN5O5S/c1-19-5-4-8-24(15-19)40(37,38)33(13-14-39-23-11-9-20(18-35)10-12-23)32-28-30-17-21-16-25(29)27(36)34(26(21)31-28)22-6-2-3-7-22/h4-5,8,15-18,20,22-23H,2-3,6-7,9-14H2,1H3,(H,30,31,32). The summed E-state index contributed by atoms with van der Waals surface area (Å²) in [6.07, 6.45) is 9.31. The Labute approximate surface area is 238 Å². The third-order valence-electron chi connectivity index (χ3n) is 7.78. The van der Waals surface area contributed by atoms with Gasteiger partial charge in [0.25, 0.3) is 15.6 Å². The number of ether oxygens (including phenoxy) is 1. The third kappa shape index (κ3) is 6.22. The summed E-state index contributed by atoms with van der Waals surface area (Å²) >= 11 is 6.25. The van der Waals surface area contributed by atoms with E-state index >= 15 is 0 Å². The van der Waals surface area contributed by atoms with Crippen LogP contribution in [0.1, 0.15) is 63.0 Å². The molecule has 0 radical (unpaired) electrons. The number of aromatic nitrogens is 3. The van der Waals surface area contributed by atoms with Gasteiger partial charge in [-0.05, 0) is 69.2 Å². The van der Waals surface area contributed by atoms with Crippen molar-refractivity contribution in [3.63, 3.8) is 0 Å². The zero-order chi connectivity index (χ0) is 28.3. The van der Waals surface area contributed by atoms with Gasteiger partial charge in [-0.1, -0.05) is 36.6 Å². The number of halogens is 1. The normalized spacial score (nSPS) is 20.3. The minimum absolute atomic E-state index is 0.00132. The Morgan fingerprint density at radius 3 is 2.60 bits per heavy atom. The van der Waals surface area contributed by atoms with Crippen LogP contribution in [-0.4, -0.2) is 52.9 Å². The molecule has 0 spiro atoms. The first-order chi connectivity index (χ1) is 19.3. The van der Waals surface area contributed by atoms with Gasteiger partial charge in [-0.2, -0.15) is 4.98 Å². The molecule has 5 rings (SSSR count). The highest BCUT2D eigenvalue weighted by atomic mass is 35.5. The van der Waals surface area contributed by atoms with E-state index in [9.17, 15) is 18.0 Å². The van der Waals surface area contributed by atoms with Crippen LogP contribution in [0.4, 0.5) is 5.95 Å². The molecule has 0 aliphatic heterocycles. The molecule has 2 aliphatic rings. The van der Waals surface area contributed by atoms with Crippen molar-refractivity contribution < 1.29 is 17.9 Å². The van der Waals surface area contributed by atoms with Crippen LogP contribution in [0.3, 0.4) is 0 Å². The predicted molar refractivity (Wildman–Crippen MR) is 153 cm³/mol. The summed E-state index contributed by atoms with van der Waals surface area (Å²) < 4.78 is 36.2. The van der Waals surface area contributed by atoms with Crippen LogP contribution in [0.15, 0.2) is 46.2 Å². The van der Waals surface area contributed by atoms with Gasteiger partial charge in [0.05, 0.1) is 24.2 Å². The lowest BCUT2D eigenvalue weighted by Crippen LogP contribution is -2.40. The lowest BCUT2D eigenvalue weighted by atomic mass is 9.88. The molecule has 12 heteroatoms. The number of rotatable bonds is 10. The average Bonchev–Trinajstić information content (AvgIpc) is 3.48. The summed E-state index contributed by atoms with van der Waals surface area (Å²) in [7, 11) is -4.01. The van der Waals surface area contributed by atoms with Gasteiger partial charge >= 0.3 is 0 Å². The molecule has 0 amide bonds. The second kappa shape index (κ2) is 12.3. The number of pyridine rings is 1. The summed E-state index contributed by atoms with van der Waals surface area (Å²) in [6.45, 7) is 1.97. The van der Waals surface area contributed by atoms with Crippen LogP contribution in [-0.2, 0) is 19.6 Å². The van der Waals surface area contributed by atoms with Crippen molar-refractivity contribution in [2.75, 3.05) is 18.6 Å². The maximum atomic E-state index is 13.7. The largest absolute Gasteiger partial charge is 0.377 e. The number of benzene rings is 1. The number of sulfonamides is 1. The Morgan fingerprint density at radius 1 is 1.15 bits per heavy atom. The summed E-state index contributed by atoms with van der Waals surface area (Å²) in [5.74, 6) is 0.116. The van der Waals surface area contributed by atoms with Gasteiger partial charge in [-0.25, -0.2) is 13.4 Å². The fourth-order valence-corrected chi connectivity index (χ4v) is 7.15. The Balaban J connectivity index is 1.43. The molecular weight excluding hydrogens is 554 g/mol. The Hall–Kier alpha value is -2.86. The van der Waals surface area contributed by atoms with Gasteiger partial charge in [-0.15, -0.1) is 4.41 Å². The minimum atomic E-state index is -4.01. The van der Waals surface area contributed by atoms with E-state index in [2.05, 4.69) is 15.4 Å². The van der Waals surface area contributed by atoms with Crippen LogP contribution in [0.2, 0.25) is 5.02 Å². The molecule has 0 saturated heterocycles. The number of anilines is 1. The SMILES string of the molecule is Cc1cccc(S(=O)(=O)N(CCOC2CCC(C=O)CC2)Nc2ncc3cc(Cl)c(=O)n(C4CCCC4)c3n2)c1. The fourth-order valence-electron chi connectivity index (χ4n) is 5.59. The average molecular weight is 588 g/mol. The topological polar surface area (TPSA) is 123 Å². The summed E-state index contributed by atoms with van der Waals surface area (Å²) in [5.41, 5.74) is 3.79. The summed E-state index contributed by atoms with van der Waals surface area (Å²) in [5, 5.41) is 0.705. The first-order valence-corrected chi connectivity index (χ1v) is 15.6. The maximum Gasteiger partial charge on any atom is 0.271 e. The summed E-state index contributed by atoms with van der Waals surface area (Å²) in [4.78, 5) is 33.2. The molecule has 2 saturated carbocycles. The van der Waals surface area contributed by atoms with E-state index in [1.807, 2.05) is 13.0 Å². The molecule has 2 heterocycles. The number of carbonyl (C=O) groups is 1. The van der Waals surface area contributed by atoms with Crippen molar-refractivity contribution in [2.45, 2.75) is 75.3 Å². The number of nitrogens with one attached hydrogen (secondary N) is 1. The van der Waals surface area contributed by atoms with E-state index in [4.69, 9.17) is 16.3 Å². The number of nitrogens with zero attached hydrogens (tertiary/aromatic N) is 4. The molecule has 2 fully saturated rings. The van der Waals surface area contributed by atoms with Gasteiger partial charge in [-0.3, -0.25) is 14.8 Å². The van der Waals surface area contributed by atoms with Crippen LogP contribution in [0, 0.1) is 12.8 Å². The number of aryl methyl sites for hydroxylation is 1. The maximum absolute atomic E-state index is 13.7. The van der Waals surface area contributed by atoms with Crippen molar-refractivity contribution in [3.8, 4) is 0 Å². The molecule has 3 aromatic rings. The van der Waals surface area contributed by atoms with Crippen LogP contribution in [0.5, 0.6) is 0 Å². The molecule has 2 aromatic heterocycles. The third-order valence-corrected chi connectivity index (χ3v) is 9.76. The van der Waals surface area contributed by atoms with Crippen LogP contribution >= 0.6 is 11.6 Å². The highest BCUT2D eigenvalue weighted by Crippen LogP contribution is 2.31. The molecule has 2 aliphatic carbocycles. The van der Waals surface area contributed by atoms with Crippen molar-refractivity contribution >= 4 is 44.9 Å². The summed E-state index contributed by atoms with van der Waals surface area (Å²) in [6, 6.07) is 8.19. The molecule has 0 unspecified atom stereocenters. The van der Waals surface area contributed by atoms with E-state index in [0.717, 1.165) is 67.6 Å². The van der Waals surface area contributed by atoms with Gasteiger partial charge in [0.15, 0.2) is 0 Å². The predicted octanol–water partition coefficient (Wildman–Crippen LogP) is 4.66. The number of hydrogen-bond donors (Lipinski definition) is 1. The van der Waals surface area contributed by atoms with Gasteiger partial charge in [0.1, 0.15) is 17.0 Å². The van der Waals surface area contributed by atoms with E-state index in [1.54, 1.807) is 35.0 Å². The van der Waals surface area contributed by atoms with E-state index < -0.39 is 10.0 Å². The molecule has 214 valence electrons. The van der Waals surface area contributed by atoms with Crippen molar-refractivity contribution in [3.05, 3.63) is 57.5 Å². The van der Waals surface area contributed by atoms with Crippen molar-refractivity contribution in [2.24, 2.45) is 5.92 Å². The first-order valence-electron chi connectivity index (χ1n) is 13.8. The van der Waals surface area contributed by atoms with Gasteiger partial charge in [0.2, 0.25) is 5.95 Å². The monoisotopic (exact) mass is 587 g/mol. The first kappa shape index (κ1) is 28.7. The van der Waals surface area contributed by atoms with Crippen LogP contribution in [0.25, 0.3) is 11.0 Å². The van der Waals surface area contributed by atoms with Crippen LogP contribution < -0.4 is 11.0 Å². The van der Waals surface area contributed by atoms with E-state index in [0.29, 0.717) is 11.0 Å². The van der Waals surface area contributed by atoms with Gasteiger partial charge in [0, 0.05) is 23.5 Å². The Morgan fingerprint density at radius 2 is 1.90 bits per heavy atom. The fraction of sp³-hybridized carbons (Fsp3) is 0.500. The van der Waals surface area contributed by atoms with E-state index in [-0.39, 0.29) is 52.6 Å². The zero-order valence-corrected chi connectivity index (χ0v) is 24.0. The highest BCUT2D eigenvalue weighted by molar-refractivity contribution is 7.89. The quantitative estimate of drug-likeness (QED) is 0.268. The molecule has 1 N–H and O–H groups in total. The zero-order valence-electron chi connectivity index (χ0n) is 22.5. The number of hydrazine groups is 1. The molecular formula is C28H34ClN5O5S. The molecule has 40 heavy (non-hydrogen) atoms. The van der Waals surface area contributed by atoms with Crippen molar-refractivity contribution in [1.82, 2.24) is 18.9 Å². The second-order valence-electron chi connectivity index (χ2n) is 10.6. The Kier molecular flexibility index (Phi) is 8.84. The highest BCUT2D eigenvalue weighted by Gasteiger charge is 2.28. The molecule has 1 aromatic carbocycles. The lowest BCUT2D eigenvalue weighted by molar-refractivity contribution is -0.112. The molecule has 10 nitrogen and oxygen atoms in total. The van der Waals surface area contributed by atoms with Crippen molar-refractivity contribution in [1.29, 1.82) is 0 Å². The van der Waals surface area contributed by atoms with E-state index in [1.165, 1.54) is 0 Å². The number of fused-ring (bicyclic) bond motifs is 1. The number of hydrogen-bond acceptors (Lipinski definition) is 8. The number of carbonyl (C=O) groups excluding carboxylic acids is 1. The molecule has 0 atom stereocenters. The second-order valence-corrected chi connectivity index (χ2v) is 12.9. The lowest BCUT2D eigenvalue weighted by Gasteiger charge is -2.27. The molecule has 0 bridgehead atoms. The Bertz CT molecular complexity index is 1530. The minimum Gasteiger partial charge on any atom is -0.377 e. The van der Waals surface area contributed by atoms with Gasteiger partial charge < -0.3 is 9.53 Å². The number of aldehydes is 1. The smallest absolute Gasteiger partial charge is 0.271 e.